The maximum absolute atomic E-state index is 13.0. The molecule has 6 heteroatoms. The fourth-order valence-corrected chi connectivity index (χ4v) is 4.54. The summed E-state index contributed by atoms with van der Waals surface area (Å²) in [6, 6.07) is 13.7. The molecule has 0 spiro atoms. The molecule has 0 aliphatic carbocycles. The van der Waals surface area contributed by atoms with Crippen LogP contribution in [0.1, 0.15) is 34.8 Å². The quantitative estimate of drug-likeness (QED) is 0.482. The summed E-state index contributed by atoms with van der Waals surface area (Å²) < 4.78 is 5.39. The lowest BCUT2D eigenvalue weighted by molar-refractivity contribution is 0.0708. The van der Waals surface area contributed by atoms with Gasteiger partial charge in [-0.3, -0.25) is 4.79 Å². The highest BCUT2D eigenvalue weighted by Crippen LogP contribution is 2.35. The molecular formula is C23H22ClN3O2. The van der Waals surface area contributed by atoms with E-state index >= 15 is 0 Å². The third-order valence-corrected chi connectivity index (χ3v) is 6.19. The van der Waals surface area contributed by atoms with Crippen molar-refractivity contribution in [2.24, 2.45) is 0 Å². The standard InChI is InChI=1S/C23H22ClN3O2/c1-29-17-4-5-20-18(12-17)19(13-25-20)14-6-8-27(9-7-14)23(28)22-10-15-2-3-16(24)11-21(15)26-22/h2-5,10-14,25-26H,6-9H2,1H3. The van der Waals surface area contributed by atoms with Crippen molar-refractivity contribution in [3.63, 3.8) is 0 Å². The first-order valence-electron chi connectivity index (χ1n) is 9.85. The third kappa shape index (κ3) is 3.25. The molecule has 5 nitrogen and oxygen atoms in total. The van der Waals surface area contributed by atoms with Gasteiger partial charge in [0.15, 0.2) is 0 Å². The van der Waals surface area contributed by atoms with E-state index in [1.807, 2.05) is 35.2 Å². The van der Waals surface area contributed by atoms with Gasteiger partial charge in [-0.1, -0.05) is 17.7 Å². The van der Waals surface area contributed by atoms with Gasteiger partial charge in [0.25, 0.3) is 5.91 Å². The summed E-state index contributed by atoms with van der Waals surface area (Å²) in [5.41, 5.74) is 3.95. The number of fused-ring (bicyclic) bond motifs is 2. The van der Waals surface area contributed by atoms with E-state index in [9.17, 15) is 4.79 Å². The van der Waals surface area contributed by atoms with Crippen LogP contribution in [0.25, 0.3) is 21.8 Å². The van der Waals surface area contributed by atoms with Crippen LogP contribution < -0.4 is 4.74 Å². The minimum absolute atomic E-state index is 0.0522. The van der Waals surface area contributed by atoms with E-state index in [1.54, 1.807) is 7.11 Å². The van der Waals surface area contributed by atoms with Gasteiger partial charge < -0.3 is 19.6 Å². The number of benzene rings is 2. The summed E-state index contributed by atoms with van der Waals surface area (Å²) in [6.07, 6.45) is 4.00. The number of carbonyl (C=O) groups is 1. The van der Waals surface area contributed by atoms with Crippen LogP contribution in [0, 0.1) is 0 Å². The molecule has 29 heavy (non-hydrogen) atoms. The van der Waals surface area contributed by atoms with Crippen molar-refractivity contribution in [3.8, 4) is 5.75 Å². The van der Waals surface area contributed by atoms with Crippen molar-refractivity contribution in [1.29, 1.82) is 0 Å². The van der Waals surface area contributed by atoms with Gasteiger partial charge in [-0.2, -0.15) is 0 Å². The summed E-state index contributed by atoms with van der Waals surface area (Å²) in [5.74, 6) is 1.35. The first-order chi connectivity index (χ1) is 14.1. The highest BCUT2D eigenvalue weighted by Gasteiger charge is 2.27. The number of likely N-dealkylation sites (tertiary alicyclic amines) is 1. The Kier molecular flexibility index (Phi) is 4.47. The zero-order valence-electron chi connectivity index (χ0n) is 16.2. The number of nitrogens with one attached hydrogen (secondary N) is 2. The van der Waals surface area contributed by atoms with Gasteiger partial charge in [0.1, 0.15) is 11.4 Å². The molecule has 1 aliphatic heterocycles. The van der Waals surface area contributed by atoms with Crippen LogP contribution in [-0.2, 0) is 0 Å². The Labute approximate surface area is 173 Å². The number of piperidine rings is 1. The molecule has 1 fully saturated rings. The molecule has 4 aromatic rings. The minimum atomic E-state index is 0.0522. The van der Waals surface area contributed by atoms with Crippen LogP contribution in [0.2, 0.25) is 5.02 Å². The van der Waals surface area contributed by atoms with Crippen LogP contribution in [0.5, 0.6) is 5.75 Å². The molecule has 2 N–H and O–H groups in total. The first-order valence-corrected chi connectivity index (χ1v) is 10.2. The number of rotatable bonds is 3. The number of H-pyrrole nitrogens is 2. The van der Waals surface area contributed by atoms with E-state index in [4.69, 9.17) is 16.3 Å². The average Bonchev–Trinajstić information content (AvgIpc) is 3.36. The molecule has 5 rings (SSSR count). The molecule has 0 radical (unpaired) electrons. The topological polar surface area (TPSA) is 61.1 Å². The normalized spacial score (nSPS) is 15.3. The first kappa shape index (κ1) is 18.1. The molecule has 1 saturated heterocycles. The van der Waals surface area contributed by atoms with Crippen molar-refractivity contribution in [3.05, 3.63) is 64.9 Å². The van der Waals surface area contributed by atoms with E-state index in [-0.39, 0.29) is 5.91 Å². The monoisotopic (exact) mass is 407 g/mol. The van der Waals surface area contributed by atoms with Crippen molar-refractivity contribution >= 4 is 39.3 Å². The molecule has 0 atom stereocenters. The number of ether oxygens (including phenoxy) is 1. The molecule has 3 heterocycles. The maximum atomic E-state index is 13.0. The van der Waals surface area contributed by atoms with Gasteiger partial charge in [-0.15, -0.1) is 0 Å². The average molecular weight is 408 g/mol. The summed E-state index contributed by atoms with van der Waals surface area (Å²) in [4.78, 5) is 21.5. The van der Waals surface area contributed by atoms with E-state index < -0.39 is 0 Å². The van der Waals surface area contributed by atoms with Gasteiger partial charge in [0, 0.05) is 46.1 Å². The van der Waals surface area contributed by atoms with E-state index in [1.165, 1.54) is 10.9 Å². The molecule has 0 saturated carbocycles. The second-order valence-electron chi connectivity index (χ2n) is 7.64. The van der Waals surface area contributed by atoms with Crippen molar-refractivity contribution in [2.45, 2.75) is 18.8 Å². The highest BCUT2D eigenvalue weighted by molar-refractivity contribution is 6.31. The number of nitrogens with zero attached hydrogens (tertiary/aromatic N) is 1. The molecule has 1 amide bonds. The molecule has 2 aromatic carbocycles. The predicted octanol–water partition coefficient (Wildman–Crippen LogP) is 5.33. The minimum Gasteiger partial charge on any atom is -0.497 e. The Hall–Kier alpha value is -2.92. The number of amides is 1. The molecule has 2 aromatic heterocycles. The fourth-order valence-electron chi connectivity index (χ4n) is 4.36. The number of carbonyl (C=O) groups excluding carboxylic acids is 1. The van der Waals surface area contributed by atoms with E-state index in [2.05, 4.69) is 28.3 Å². The molecule has 0 bridgehead atoms. The van der Waals surface area contributed by atoms with E-state index in [0.29, 0.717) is 16.6 Å². The molecule has 148 valence electrons. The summed E-state index contributed by atoms with van der Waals surface area (Å²) >= 11 is 6.06. The van der Waals surface area contributed by atoms with Crippen LogP contribution in [-0.4, -0.2) is 41.0 Å². The molecular weight excluding hydrogens is 386 g/mol. The Morgan fingerprint density at radius 3 is 2.72 bits per heavy atom. The maximum Gasteiger partial charge on any atom is 0.270 e. The Bertz CT molecular complexity index is 1200. The number of halogens is 1. The lowest BCUT2D eigenvalue weighted by Crippen LogP contribution is -2.38. The number of hydrogen-bond acceptors (Lipinski definition) is 2. The number of aromatic nitrogens is 2. The molecule has 0 unspecified atom stereocenters. The lowest BCUT2D eigenvalue weighted by atomic mass is 9.89. The summed E-state index contributed by atoms with van der Waals surface area (Å²) in [5, 5.41) is 2.87. The second-order valence-corrected chi connectivity index (χ2v) is 8.07. The zero-order chi connectivity index (χ0) is 20.0. The Morgan fingerprint density at radius 1 is 1.10 bits per heavy atom. The largest absolute Gasteiger partial charge is 0.497 e. The van der Waals surface area contributed by atoms with Gasteiger partial charge >= 0.3 is 0 Å². The SMILES string of the molecule is COc1ccc2[nH]cc(C3CCN(C(=O)c4cc5ccc(Cl)cc5[nH]4)CC3)c2c1. The fraction of sp³-hybridized carbons (Fsp3) is 0.261. The highest BCUT2D eigenvalue weighted by atomic mass is 35.5. The third-order valence-electron chi connectivity index (χ3n) is 5.96. The van der Waals surface area contributed by atoms with Crippen LogP contribution in [0.15, 0.2) is 48.7 Å². The molecule has 1 aliphatic rings. The smallest absolute Gasteiger partial charge is 0.270 e. The number of hydrogen-bond donors (Lipinski definition) is 2. The van der Waals surface area contributed by atoms with Gasteiger partial charge in [0.05, 0.1) is 7.11 Å². The van der Waals surface area contributed by atoms with Crippen molar-refractivity contribution < 1.29 is 9.53 Å². The zero-order valence-corrected chi connectivity index (χ0v) is 16.9. The van der Waals surface area contributed by atoms with Crippen molar-refractivity contribution in [1.82, 2.24) is 14.9 Å². The van der Waals surface area contributed by atoms with Crippen molar-refractivity contribution in [2.75, 3.05) is 20.2 Å². The number of aromatic amines is 2. The number of methoxy groups -OCH3 is 1. The Morgan fingerprint density at radius 2 is 1.93 bits per heavy atom. The van der Waals surface area contributed by atoms with Crippen LogP contribution in [0.3, 0.4) is 0 Å². The van der Waals surface area contributed by atoms with Gasteiger partial charge in [0.2, 0.25) is 0 Å². The van der Waals surface area contributed by atoms with Gasteiger partial charge in [-0.05, 0) is 60.7 Å². The lowest BCUT2D eigenvalue weighted by Gasteiger charge is -2.31. The summed E-state index contributed by atoms with van der Waals surface area (Å²) in [7, 11) is 1.69. The van der Waals surface area contributed by atoms with Crippen LogP contribution in [0.4, 0.5) is 0 Å². The second kappa shape index (κ2) is 7.16. The summed E-state index contributed by atoms with van der Waals surface area (Å²) in [6.45, 7) is 1.49. The predicted molar refractivity (Wildman–Crippen MR) is 116 cm³/mol. The Balaban J connectivity index is 1.32. The van der Waals surface area contributed by atoms with Crippen LogP contribution >= 0.6 is 11.6 Å². The van der Waals surface area contributed by atoms with Gasteiger partial charge in [-0.25, -0.2) is 0 Å². The van der Waals surface area contributed by atoms with E-state index in [0.717, 1.165) is 48.1 Å².